The van der Waals surface area contributed by atoms with E-state index in [2.05, 4.69) is 29.2 Å². The third-order valence-electron chi connectivity index (χ3n) is 4.08. The Morgan fingerprint density at radius 1 is 1.14 bits per heavy atom. The van der Waals surface area contributed by atoms with Crippen molar-refractivity contribution in [2.45, 2.75) is 38.1 Å². The van der Waals surface area contributed by atoms with E-state index in [0.29, 0.717) is 0 Å². The smallest absolute Gasteiger partial charge is 0.122 e. The number of rotatable bonds is 6. The van der Waals surface area contributed by atoms with Gasteiger partial charge < -0.3 is 10.5 Å². The molecule has 1 aromatic heterocycles. The minimum atomic E-state index is 0.245. The van der Waals surface area contributed by atoms with Gasteiger partial charge in [0.15, 0.2) is 0 Å². The summed E-state index contributed by atoms with van der Waals surface area (Å²) in [6, 6.07) is 10.9. The summed E-state index contributed by atoms with van der Waals surface area (Å²) in [5, 5.41) is 0. The number of pyridine rings is 1. The SMILES string of the molecule is NC(CCc1cccnc1)CCc1ccc2c(c1)CCO2. The van der Waals surface area contributed by atoms with Crippen LogP contribution in [0.5, 0.6) is 5.75 Å². The summed E-state index contributed by atoms with van der Waals surface area (Å²) in [4.78, 5) is 4.14. The van der Waals surface area contributed by atoms with Gasteiger partial charge in [-0.05, 0) is 54.5 Å². The molecule has 1 aromatic carbocycles. The van der Waals surface area contributed by atoms with Crippen LogP contribution in [0.2, 0.25) is 0 Å². The van der Waals surface area contributed by atoms with Crippen molar-refractivity contribution in [2.24, 2.45) is 5.73 Å². The molecule has 110 valence electrons. The molecule has 0 saturated heterocycles. The first-order valence-corrected chi connectivity index (χ1v) is 7.70. The Morgan fingerprint density at radius 2 is 2.00 bits per heavy atom. The van der Waals surface area contributed by atoms with Crippen molar-refractivity contribution in [3.8, 4) is 5.75 Å². The van der Waals surface area contributed by atoms with Gasteiger partial charge in [0.05, 0.1) is 6.61 Å². The number of fused-ring (bicyclic) bond motifs is 1. The van der Waals surface area contributed by atoms with Crippen LogP contribution in [0.15, 0.2) is 42.7 Å². The second-order valence-electron chi connectivity index (χ2n) is 5.74. The molecule has 0 fully saturated rings. The van der Waals surface area contributed by atoms with Gasteiger partial charge in [0.2, 0.25) is 0 Å². The van der Waals surface area contributed by atoms with Gasteiger partial charge in [0.25, 0.3) is 0 Å². The monoisotopic (exact) mass is 282 g/mol. The highest BCUT2D eigenvalue weighted by molar-refractivity contribution is 5.39. The molecule has 0 saturated carbocycles. The van der Waals surface area contributed by atoms with E-state index in [1.807, 2.05) is 12.3 Å². The van der Waals surface area contributed by atoms with Crippen molar-refractivity contribution in [3.63, 3.8) is 0 Å². The summed E-state index contributed by atoms with van der Waals surface area (Å²) in [7, 11) is 0. The zero-order valence-corrected chi connectivity index (χ0v) is 12.3. The van der Waals surface area contributed by atoms with E-state index in [0.717, 1.165) is 44.5 Å². The van der Waals surface area contributed by atoms with Gasteiger partial charge in [0, 0.05) is 24.9 Å². The van der Waals surface area contributed by atoms with Crippen LogP contribution < -0.4 is 10.5 Å². The number of nitrogens with two attached hydrogens (primary N) is 1. The fourth-order valence-electron chi connectivity index (χ4n) is 2.79. The molecule has 2 heterocycles. The van der Waals surface area contributed by atoms with Crippen molar-refractivity contribution in [1.29, 1.82) is 0 Å². The Balaban J connectivity index is 1.46. The van der Waals surface area contributed by atoms with E-state index in [1.165, 1.54) is 16.7 Å². The summed E-state index contributed by atoms with van der Waals surface area (Å²) in [6.45, 7) is 0.823. The first-order chi connectivity index (χ1) is 10.3. The van der Waals surface area contributed by atoms with Crippen LogP contribution in [0, 0.1) is 0 Å². The number of benzene rings is 1. The summed E-state index contributed by atoms with van der Waals surface area (Å²) in [6.07, 6.45) is 8.86. The summed E-state index contributed by atoms with van der Waals surface area (Å²) in [5.74, 6) is 1.06. The molecular formula is C18H22N2O. The lowest BCUT2D eigenvalue weighted by atomic mass is 9.99. The van der Waals surface area contributed by atoms with Gasteiger partial charge in [0.1, 0.15) is 5.75 Å². The Bertz CT molecular complexity index is 583. The van der Waals surface area contributed by atoms with Gasteiger partial charge in [-0.3, -0.25) is 4.98 Å². The highest BCUT2D eigenvalue weighted by Crippen LogP contribution is 2.26. The van der Waals surface area contributed by atoms with E-state index in [1.54, 1.807) is 6.20 Å². The lowest BCUT2D eigenvalue weighted by Crippen LogP contribution is -2.21. The number of aryl methyl sites for hydroxylation is 2. The van der Waals surface area contributed by atoms with Crippen molar-refractivity contribution < 1.29 is 4.74 Å². The van der Waals surface area contributed by atoms with Crippen LogP contribution in [0.1, 0.15) is 29.5 Å². The zero-order valence-electron chi connectivity index (χ0n) is 12.3. The minimum Gasteiger partial charge on any atom is -0.493 e. The zero-order chi connectivity index (χ0) is 14.5. The maximum absolute atomic E-state index is 6.24. The van der Waals surface area contributed by atoms with E-state index in [-0.39, 0.29) is 6.04 Å². The molecule has 21 heavy (non-hydrogen) atoms. The van der Waals surface area contributed by atoms with E-state index < -0.39 is 0 Å². The fraction of sp³-hybridized carbons (Fsp3) is 0.389. The molecular weight excluding hydrogens is 260 g/mol. The van der Waals surface area contributed by atoms with Crippen LogP contribution in [0.3, 0.4) is 0 Å². The molecule has 0 amide bonds. The predicted molar refractivity (Wildman–Crippen MR) is 84.5 cm³/mol. The summed E-state index contributed by atoms with van der Waals surface area (Å²) in [5.41, 5.74) is 10.2. The van der Waals surface area contributed by atoms with Crippen molar-refractivity contribution in [1.82, 2.24) is 4.98 Å². The Hall–Kier alpha value is -1.87. The molecule has 3 rings (SSSR count). The van der Waals surface area contributed by atoms with Crippen molar-refractivity contribution in [2.75, 3.05) is 6.61 Å². The number of hydrogen-bond acceptors (Lipinski definition) is 3. The third kappa shape index (κ3) is 3.82. The molecule has 1 unspecified atom stereocenters. The highest BCUT2D eigenvalue weighted by Gasteiger charge is 2.12. The van der Waals surface area contributed by atoms with Crippen molar-refractivity contribution >= 4 is 0 Å². The first-order valence-electron chi connectivity index (χ1n) is 7.70. The molecule has 3 nitrogen and oxygen atoms in total. The minimum absolute atomic E-state index is 0.245. The molecule has 1 aliphatic heterocycles. The summed E-state index contributed by atoms with van der Waals surface area (Å²) < 4.78 is 5.54. The Morgan fingerprint density at radius 3 is 2.81 bits per heavy atom. The number of nitrogens with zero attached hydrogens (tertiary/aromatic N) is 1. The normalized spacial score (nSPS) is 14.5. The molecule has 2 N–H and O–H groups in total. The molecule has 1 aliphatic rings. The van der Waals surface area contributed by atoms with E-state index in [9.17, 15) is 0 Å². The molecule has 0 radical (unpaired) electrons. The van der Waals surface area contributed by atoms with Crippen LogP contribution in [0.4, 0.5) is 0 Å². The molecule has 0 bridgehead atoms. The molecule has 1 atom stereocenters. The van der Waals surface area contributed by atoms with Crippen LogP contribution in [0.25, 0.3) is 0 Å². The molecule has 0 aliphatic carbocycles. The lowest BCUT2D eigenvalue weighted by molar-refractivity contribution is 0.357. The molecule has 2 aromatic rings. The standard InChI is InChI=1S/C18H22N2O/c19-17(7-4-15-2-1-10-20-13-15)6-3-14-5-8-18-16(12-14)9-11-21-18/h1-2,5,8,10,12-13,17H,3-4,6-7,9,11,19H2. The maximum atomic E-state index is 6.24. The second kappa shape index (κ2) is 6.72. The fourth-order valence-corrected chi connectivity index (χ4v) is 2.79. The Labute approximate surface area is 126 Å². The van der Waals surface area contributed by atoms with Gasteiger partial charge in [-0.1, -0.05) is 18.2 Å². The lowest BCUT2D eigenvalue weighted by Gasteiger charge is -2.12. The van der Waals surface area contributed by atoms with Crippen LogP contribution in [-0.4, -0.2) is 17.6 Å². The van der Waals surface area contributed by atoms with Gasteiger partial charge in [-0.25, -0.2) is 0 Å². The van der Waals surface area contributed by atoms with Crippen LogP contribution in [-0.2, 0) is 19.3 Å². The topological polar surface area (TPSA) is 48.1 Å². The quantitative estimate of drug-likeness (QED) is 0.886. The summed E-state index contributed by atoms with van der Waals surface area (Å²) >= 11 is 0. The Kier molecular flexibility index (Phi) is 4.51. The van der Waals surface area contributed by atoms with Crippen LogP contribution >= 0.6 is 0 Å². The van der Waals surface area contributed by atoms with E-state index in [4.69, 9.17) is 10.5 Å². The van der Waals surface area contributed by atoms with Gasteiger partial charge >= 0.3 is 0 Å². The van der Waals surface area contributed by atoms with Crippen molar-refractivity contribution in [3.05, 3.63) is 59.4 Å². The average molecular weight is 282 g/mol. The average Bonchev–Trinajstić information content (AvgIpc) is 2.99. The van der Waals surface area contributed by atoms with Gasteiger partial charge in [-0.2, -0.15) is 0 Å². The maximum Gasteiger partial charge on any atom is 0.122 e. The molecule has 0 spiro atoms. The van der Waals surface area contributed by atoms with Gasteiger partial charge in [-0.15, -0.1) is 0 Å². The number of aromatic nitrogens is 1. The number of hydrogen-bond donors (Lipinski definition) is 1. The predicted octanol–water partition coefficient (Wildman–Crippen LogP) is 2.91. The highest BCUT2D eigenvalue weighted by atomic mass is 16.5. The number of ether oxygens (including phenoxy) is 1. The second-order valence-corrected chi connectivity index (χ2v) is 5.74. The largest absolute Gasteiger partial charge is 0.493 e. The first kappa shape index (κ1) is 14.1. The molecule has 3 heteroatoms. The van der Waals surface area contributed by atoms with E-state index >= 15 is 0 Å². The third-order valence-corrected chi connectivity index (χ3v) is 4.08.